The van der Waals surface area contributed by atoms with Gasteiger partial charge in [-0.05, 0) is 61.7 Å². The van der Waals surface area contributed by atoms with Crippen LogP contribution >= 0.6 is 12.2 Å². The smallest absolute Gasteiger partial charge is 0.305 e. The number of aryl methyl sites for hydroxylation is 2. The van der Waals surface area contributed by atoms with E-state index in [0.29, 0.717) is 13.0 Å². The maximum atomic E-state index is 11.9. The Bertz CT molecular complexity index is 793. The van der Waals surface area contributed by atoms with Crippen molar-refractivity contribution in [3.05, 3.63) is 65.7 Å². The molecule has 1 amide bonds. The number of hydrogen-bond donors (Lipinski definition) is 2. The molecule has 0 saturated heterocycles. The molecule has 0 aliphatic carbocycles. The number of ether oxygens (including phenoxy) is 1. The van der Waals surface area contributed by atoms with Gasteiger partial charge in [0.15, 0.2) is 5.11 Å². The van der Waals surface area contributed by atoms with E-state index in [1.54, 1.807) is 0 Å². The fraction of sp³-hybridized carbons (Fsp3) is 0.318. The van der Waals surface area contributed by atoms with Crippen LogP contribution in [0.15, 0.2) is 54.6 Å². The molecule has 0 aliphatic heterocycles. The van der Waals surface area contributed by atoms with Crippen molar-refractivity contribution in [2.75, 3.05) is 11.9 Å². The minimum absolute atomic E-state index is 0.217. The van der Waals surface area contributed by atoms with Crippen molar-refractivity contribution >= 4 is 34.9 Å². The highest BCUT2D eigenvalue weighted by Gasteiger charge is 2.08. The Labute approximate surface area is 171 Å². The second-order valence-corrected chi connectivity index (χ2v) is 6.94. The van der Waals surface area contributed by atoms with Gasteiger partial charge in [-0.1, -0.05) is 42.5 Å². The Morgan fingerprint density at radius 1 is 1.00 bits per heavy atom. The molecule has 6 heteroatoms. The van der Waals surface area contributed by atoms with Crippen molar-refractivity contribution in [1.29, 1.82) is 0 Å². The first-order valence-corrected chi connectivity index (χ1v) is 9.81. The number of anilines is 1. The van der Waals surface area contributed by atoms with Gasteiger partial charge in [-0.15, -0.1) is 0 Å². The monoisotopic (exact) mass is 398 g/mol. The average Bonchev–Trinajstić information content (AvgIpc) is 2.66. The van der Waals surface area contributed by atoms with Gasteiger partial charge in [0.1, 0.15) is 0 Å². The van der Waals surface area contributed by atoms with Crippen LogP contribution in [0.3, 0.4) is 0 Å². The second kappa shape index (κ2) is 11.9. The third-order valence-electron chi connectivity index (χ3n) is 4.03. The van der Waals surface area contributed by atoms with E-state index in [4.69, 9.17) is 17.0 Å². The zero-order valence-corrected chi connectivity index (χ0v) is 16.9. The molecule has 28 heavy (non-hydrogen) atoms. The predicted molar refractivity (Wildman–Crippen MR) is 115 cm³/mol. The van der Waals surface area contributed by atoms with Crippen LogP contribution in [0, 0.1) is 6.92 Å². The van der Waals surface area contributed by atoms with Crippen LogP contribution in [-0.4, -0.2) is 23.6 Å². The fourth-order valence-electron chi connectivity index (χ4n) is 2.65. The van der Waals surface area contributed by atoms with Crippen LogP contribution < -0.4 is 10.6 Å². The summed E-state index contributed by atoms with van der Waals surface area (Å²) in [6, 6.07) is 17.8. The molecule has 0 fully saturated rings. The average molecular weight is 399 g/mol. The Morgan fingerprint density at radius 2 is 1.79 bits per heavy atom. The summed E-state index contributed by atoms with van der Waals surface area (Å²) in [5, 5.41) is 5.84. The SMILES string of the molecule is Cc1cccc(NC(=S)NC(=O)CCCC(=O)OCCCc2ccccc2)c1. The number of hydrogen-bond acceptors (Lipinski definition) is 4. The van der Waals surface area contributed by atoms with Crippen molar-refractivity contribution in [3.8, 4) is 0 Å². The molecular weight excluding hydrogens is 372 g/mol. The molecule has 0 aliphatic rings. The van der Waals surface area contributed by atoms with E-state index in [1.807, 2.05) is 49.4 Å². The molecule has 2 rings (SSSR count). The number of rotatable bonds is 9. The van der Waals surface area contributed by atoms with E-state index in [-0.39, 0.29) is 29.8 Å². The largest absolute Gasteiger partial charge is 0.466 e. The highest BCUT2D eigenvalue weighted by Crippen LogP contribution is 2.09. The molecule has 148 valence electrons. The van der Waals surface area contributed by atoms with Crippen LogP contribution in [0.25, 0.3) is 0 Å². The number of esters is 1. The van der Waals surface area contributed by atoms with Gasteiger partial charge in [-0.3, -0.25) is 9.59 Å². The zero-order valence-electron chi connectivity index (χ0n) is 16.1. The van der Waals surface area contributed by atoms with Crippen LogP contribution in [0.4, 0.5) is 5.69 Å². The van der Waals surface area contributed by atoms with Gasteiger partial charge < -0.3 is 15.4 Å². The minimum atomic E-state index is -0.277. The minimum Gasteiger partial charge on any atom is -0.466 e. The molecule has 0 heterocycles. The predicted octanol–water partition coefficient (Wildman–Crippen LogP) is 4.15. The number of carbonyl (C=O) groups is 2. The molecule has 0 radical (unpaired) electrons. The van der Waals surface area contributed by atoms with Crippen molar-refractivity contribution in [3.63, 3.8) is 0 Å². The van der Waals surface area contributed by atoms with E-state index in [0.717, 1.165) is 24.1 Å². The van der Waals surface area contributed by atoms with Crippen LogP contribution in [0.2, 0.25) is 0 Å². The molecule has 0 atom stereocenters. The lowest BCUT2D eigenvalue weighted by molar-refractivity contribution is -0.143. The van der Waals surface area contributed by atoms with Gasteiger partial charge in [0.2, 0.25) is 5.91 Å². The lowest BCUT2D eigenvalue weighted by Gasteiger charge is -2.10. The lowest BCUT2D eigenvalue weighted by Crippen LogP contribution is -2.34. The van der Waals surface area contributed by atoms with E-state index < -0.39 is 0 Å². The molecule has 2 N–H and O–H groups in total. The maximum absolute atomic E-state index is 11.9. The van der Waals surface area contributed by atoms with Crippen molar-refractivity contribution in [2.45, 2.75) is 39.0 Å². The normalized spacial score (nSPS) is 10.2. The van der Waals surface area contributed by atoms with Crippen molar-refractivity contribution in [1.82, 2.24) is 5.32 Å². The topological polar surface area (TPSA) is 67.4 Å². The summed E-state index contributed by atoms with van der Waals surface area (Å²) in [4.78, 5) is 23.7. The Balaban J connectivity index is 1.54. The van der Waals surface area contributed by atoms with Gasteiger partial charge in [0.05, 0.1) is 6.61 Å². The summed E-state index contributed by atoms with van der Waals surface area (Å²) in [7, 11) is 0. The van der Waals surface area contributed by atoms with Gasteiger partial charge >= 0.3 is 5.97 Å². The van der Waals surface area contributed by atoms with Crippen molar-refractivity contribution in [2.24, 2.45) is 0 Å². The summed E-state index contributed by atoms with van der Waals surface area (Å²) in [5.74, 6) is -0.497. The summed E-state index contributed by atoms with van der Waals surface area (Å²) in [6.45, 7) is 2.37. The third-order valence-corrected chi connectivity index (χ3v) is 4.23. The molecule has 5 nitrogen and oxygen atoms in total. The number of carbonyl (C=O) groups excluding carboxylic acids is 2. The molecule has 2 aromatic carbocycles. The summed E-state index contributed by atoms with van der Waals surface area (Å²) in [5.41, 5.74) is 3.15. The van der Waals surface area contributed by atoms with E-state index >= 15 is 0 Å². The Kier molecular flexibility index (Phi) is 9.15. The Hall–Kier alpha value is -2.73. The second-order valence-electron chi connectivity index (χ2n) is 6.53. The van der Waals surface area contributed by atoms with Gasteiger partial charge in [-0.25, -0.2) is 0 Å². The first-order valence-electron chi connectivity index (χ1n) is 9.40. The number of thiocarbonyl (C=S) groups is 1. The molecule has 0 bridgehead atoms. The van der Waals surface area contributed by atoms with E-state index in [9.17, 15) is 9.59 Å². The lowest BCUT2D eigenvalue weighted by atomic mass is 10.1. The van der Waals surface area contributed by atoms with Crippen LogP contribution in [0.1, 0.15) is 36.8 Å². The summed E-state index contributed by atoms with van der Waals surface area (Å²) >= 11 is 5.13. The molecule has 2 aromatic rings. The van der Waals surface area contributed by atoms with Crippen LogP contribution in [-0.2, 0) is 20.7 Å². The van der Waals surface area contributed by atoms with E-state index in [2.05, 4.69) is 22.8 Å². The first kappa shape index (κ1) is 21.6. The standard InChI is InChI=1S/C22H26N2O3S/c1-17-8-5-12-19(16-17)23-22(28)24-20(25)13-6-14-21(26)27-15-7-11-18-9-3-2-4-10-18/h2-5,8-10,12,16H,6-7,11,13-15H2,1H3,(H2,23,24,25,28). The first-order chi connectivity index (χ1) is 13.5. The van der Waals surface area contributed by atoms with Crippen LogP contribution in [0.5, 0.6) is 0 Å². The number of nitrogens with one attached hydrogen (secondary N) is 2. The van der Waals surface area contributed by atoms with Gasteiger partial charge in [0.25, 0.3) is 0 Å². The Morgan fingerprint density at radius 3 is 2.54 bits per heavy atom. The molecule has 0 spiro atoms. The quantitative estimate of drug-likeness (QED) is 0.377. The highest BCUT2D eigenvalue weighted by molar-refractivity contribution is 7.80. The zero-order chi connectivity index (χ0) is 20.2. The van der Waals surface area contributed by atoms with Gasteiger partial charge in [-0.2, -0.15) is 0 Å². The number of amides is 1. The fourth-order valence-corrected chi connectivity index (χ4v) is 2.88. The molecule has 0 aromatic heterocycles. The molecule has 0 saturated carbocycles. The van der Waals surface area contributed by atoms with E-state index in [1.165, 1.54) is 5.56 Å². The molecular formula is C22H26N2O3S. The molecule has 0 unspecified atom stereocenters. The maximum Gasteiger partial charge on any atom is 0.305 e. The highest BCUT2D eigenvalue weighted by atomic mass is 32.1. The third kappa shape index (κ3) is 8.77. The summed E-state index contributed by atoms with van der Waals surface area (Å²) in [6.07, 6.45) is 2.53. The van der Waals surface area contributed by atoms with Crippen molar-refractivity contribution < 1.29 is 14.3 Å². The summed E-state index contributed by atoms with van der Waals surface area (Å²) < 4.78 is 5.21. The number of benzene rings is 2. The van der Waals surface area contributed by atoms with Gasteiger partial charge in [0, 0.05) is 18.5 Å².